The van der Waals surface area contributed by atoms with E-state index in [0.29, 0.717) is 6.04 Å². The van der Waals surface area contributed by atoms with Crippen LogP contribution in [0.1, 0.15) is 55.4 Å². The molecular formula is C20H28N4O. The third-order valence-corrected chi connectivity index (χ3v) is 5.90. The lowest BCUT2D eigenvalue weighted by Crippen LogP contribution is -2.48. The topological polar surface area (TPSA) is 41.4 Å². The molecule has 1 aromatic heterocycles. The number of rotatable bonds is 3. The lowest BCUT2D eigenvalue weighted by atomic mass is 9.95. The molecule has 0 radical (unpaired) electrons. The highest BCUT2D eigenvalue weighted by molar-refractivity contribution is 5.97. The van der Waals surface area contributed by atoms with E-state index < -0.39 is 0 Å². The lowest BCUT2D eigenvalue weighted by molar-refractivity contribution is 0.0643. The fraction of sp³-hybridized carbons (Fsp3) is 0.600. The number of hydrogen-bond donors (Lipinski definition) is 0. The minimum atomic E-state index is 0.143. The molecule has 1 saturated heterocycles. The highest BCUT2D eigenvalue weighted by Crippen LogP contribution is 2.31. The van der Waals surface area contributed by atoms with Crippen LogP contribution in [0.15, 0.2) is 24.5 Å². The normalized spacial score (nSPS) is 20.3. The molecule has 5 nitrogen and oxygen atoms in total. The summed E-state index contributed by atoms with van der Waals surface area (Å²) >= 11 is 0. The second kappa shape index (κ2) is 7.16. The van der Waals surface area contributed by atoms with Crippen molar-refractivity contribution < 1.29 is 4.79 Å². The van der Waals surface area contributed by atoms with Gasteiger partial charge in [0.25, 0.3) is 5.91 Å². The summed E-state index contributed by atoms with van der Waals surface area (Å²) in [6, 6.07) is 6.62. The number of likely N-dealkylation sites (N-methyl/N-ethyl adjacent to an activating group) is 1. The Morgan fingerprint density at radius 3 is 2.60 bits per heavy atom. The van der Waals surface area contributed by atoms with Crippen molar-refractivity contribution in [3.05, 3.63) is 30.1 Å². The molecule has 25 heavy (non-hydrogen) atoms. The first-order chi connectivity index (χ1) is 12.3. The van der Waals surface area contributed by atoms with Crippen molar-refractivity contribution in [1.29, 1.82) is 0 Å². The van der Waals surface area contributed by atoms with E-state index in [1.165, 1.54) is 37.6 Å². The van der Waals surface area contributed by atoms with Crippen molar-refractivity contribution >= 4 is 16.9 Å². The molecule has 2 fully saturated rings. The van der Waals surface area contributed by atoms with Crippen molar-refractivity contribution in [2.45, 2.75) is 45.1 Å². The van der Waals surface area contributed by atoms with Gasteiger partial charge in [0, 0.05) is 37.8 Å². The van der Waals surface area contributed by atoms with Gasteiger partial charge >= 0.3 is 0 Å². The minimum absolute atomic E-state index is 0.143. The number of hydrogen-bond acceptors (Lipinski definition) is 3. The van der Waals surface area contributed by atoms with Crippen LogP contribution < -0.4 is 0 Å². The number of carbonyl (C=O) groups is 1. The SMILES string of the molecule is CCN1CCN(C(=O)c2ccc3c(c2)ncn3C2CCCCC2)CC1. The van der Waals surface area contributed by atoms with Crippen LogP contribution in [0.2, 0.25) is 0 Å². The molecule has 2 aliphatic rings. The molecule has 5 heteroatoms. The van der Waals surface area contributed by atoms with Crippen LogP contribution in [0.3, 0.4) is 0 Å². The Hall–Kier alpha value is -1.88. The Kier molecular flexibility index (Phi) is 4.75. The Balaban J connectivity index is 1.52. The Labute approximate surface area is 149 Å². The number of aromatic nitrogens is 2. The average molecular weight is 340 g/mol. The molecule has 1 saturated carbocycles. The van der Waals surface area contributed by atoms with Gasteiger partial charge in [0.1, 0.15) is 0 Å². The van der Waals surface area contributed by atoms with Gasteiger partial charge in [-0.15, -0.1) is 0 Å². The standard InChI is InChI=1S/C20H28N4O/c1-2-22-10-12-23(13-11-22)20(25)16-8-9-19-18(14-16)21-15-24(19)17-6-4-3-5-7-17/h8-9,14-15,17H,2-7,10-13H2,1H3. The maximum atomic E-state index is 12.8. The summed E-state index contributed by atoms with van der Waals surface area (Å²) in [7, 11) is 0. The van der Waals surface area contributed by atoms with Crippen molar-refractivity contribution in [3.63, 3.8) is 0 Å². The van der Waals surface area contributed by atoms with Gasteiger partial charge in [-0.05, 0) is 37.6 Å². The molecule has 134 valence electrons. The number of benzene rings is 1. The monoisotopic (exact) mass is 340 g/mol. The number of fused-ring (bicyclic) bond motifs is 1. The molecule has 0 atom stereocenters. The molecular weight excluding hydrogens is 312 g/mol. The molecule has 0 unspecified atom stereocenters. The number of nitrogens with zero attached hydrogens (tertiary/aromatic N) is 4. The second-order valence-corrected chi connectivity index (χ2v) is 7.37. The quantitative estimate of drug-likeness (QED) is 0.861. The zero-order valence-electron chi connectivity index (χ0n) is 15.2. The first-order valence-corrected chi connectivity index (χ1v) is 9.74. The van der Waals surface area contributed by atoms with Gasteiger partial charge in [-0.1, -0.05) is 26.2 Å². The number of carbonyl (C=O) groups excluding carboxylic acids is 1. The fourth-order valence-corrected chi connectivity index (χ4v) is 4.26. The fourth-order valence-electron chi connectivity index (χ4n) is 4.26. The average Bonchev–Trinajstić information content (AvgIpc) is 3.11. The molecule has 0 bridgehead atoms. The zero-order chi connectivity index (χ0) is 17.2. The van der Waals surface area contributed by atoms with Gasteiger partial charge in [-0.25, -0.2) is 4.98 Å². The Bertz CT molecular complexity index is 739. The smallest absolute Gasteiger partial charge is 0.254 e. The van der Waals surface area contributed by atoms with E-state index in [1.54, 1.807) is 0 Å². The molecule has 1 aromatic carbocycles. The van der Waals surface area contributed by atoms with E-state index in [1.807, 2.05) is 23.4 Å². The van der Waals surface area contributed by atoms with Crippen molar-refractivity contribution in [2.75, 3.05) is 32.7 Å². The predicted molar refractivity (Wildman–Crippen MR) is 99.9 cm³/mol. The van der Waals surface area contributed by atoms with Crippen LogP contribution in [0.25, 0.3) is 11.0 Å². The van der Waals surface area contributed by atoms with Crippen molar-refractivity contribution in [1.82, 2.24) is 19.4 Å². The van der Waals surface area contributed by atoms with Crippen molar-refractivity contribution in [3.8, 4) is 0 Å². The summed E-state index contributed by atoms with van der Waals surface area (Å²) in [6.45, 7) is 6.82. The predicted octanol–water partition coefficient (Wildman–Crippen LogP) is 3.32. The summed E-state index contributed by atoms with van der Waals surface area (Å²) in [5, 5.41) is 0. The van der Waals surface area contributed by atoms with Gasteiger partial charge in [0.15, 0.2) is 0 Å². The maximum Gasteiger partial charge on any atom is 0.254 e. The highest BCUT2D eigenvalue weighted by Gasteiger charge is 2.22. The van der Waals surface area contributed by atoms with Gasteiger partial charge < -0.3 is 14.4 Å². The van der Waals surface area contributed by atoms with Crippen LogP contribution in [-0.2, 0) is 0 Å². The van der Waals surface area contributed by atoms with E-state index in [9.17, 15) is 4.79 Å². The Morgan fingerprint density at radius 1 is 1.12 bits per heavy atom. The number of piperazine rings is 1. The van der Waals surface area contributed by atoms with Crippen LogP contribution in [-0.4, -0.2) is 58.0 Å². The summed E-state index contributed by atoms with van der Waals surface area (Å²) in [4.78, 5) is 21.8. The first kappa shape index (κ1) is 16.6. The minimum Gasteiger partial charge on any atom is -0.336 e. The molecule has 1 amide bonds. The summed E-state index contributed by atoms with van der Waals surface area (Å²) in [5.74, 6) is 0.143. The largest absolute Gasteiger partial charge is 0.336 e. The maximum absolute atomic E-state index is 12.8. The van der Waals surface area contributed by atoms with Gasteiger partial charge in [-0.3, -0.25) is 4.79 Å². The molecule has 0 spiro atoms. The van der Waals surface area contributed by atoms with Crippen LogP contribution >= 0.6 is 0 Å². The third-order valence-electron chi connectivity index (χ3n) is 5.90. The van der Waals surface area contributed by atoms with Crippen LogP contribution in [0.4, 0.5) is 0 Å². The van der Waals surface area contributed by atoms with Crippen molar-refractivity contribution in [2.24, 2.45) is 0 Å². The second-order valence-electron chi connectivity index (χ2n) is 7.37. The third kappa shape index (κ3) is 3.30. The van der Waals surface area contributed by atoms with Crippen LogP contribution in [0, 0.1) is 0 Å². The first-order valence-electron chi connectivity index (χ1n) is 9.74. The van der Waals surface area contributed by atoms with E-state index in [-0.39, 0.29) is 5.91 Å². The van der Waals surface area contributed by atoms with E-state index in [2.05, 4.69) is 27.4 Å². The summed E-state index contributed by atoms with van der Waals surface area (Å²) in [5.41, 5.74) is 2.88. The van der Waals surface area contributed by atoms with Gasteiger partial charge in [-0.2, -0.15) is 0 Å². The number of amides is 1. The van der Waals surface area contributed by atoms with E-state index in [0.717, 1.165) is 43.8 Å². The van der Waals surface area contributed by atoms with Gasteiger partial charge in [0.2, 0.25) is 0 Å². The van der Waals surface area contributed by atoms with E-state index in [4.69, 9.17) is 0 Å². The number of imidazole rings is 1. The summed E-state index contributed by atoms with van der Waals surface area (Å²) < 4.78 is 2.32. The van der Waals surface area contributed by atoms with Crippen LogP contribution in [0.5, 0.6) is 0 Å². The van der Waals surface area contributed by atoms with E-state index >= 15 is 0 Å². The highest BCUT2D eigenvalue weighted by atomic mass is 16.2. The molecule has 1 aliphatic carbocycles. The molecule has 0 N–H and O–H groups in total. The molecule has 4 rings (SSSR count). The molecule has 2 aromatic rings. The lowest BCUT2D eigenvalue weighted by Gasteiger charge is -2.34. The molecule has 1 aliphatic heterocycles. The van der Waals surface area contributed by atoms with Gasteiger partial charge in [0.05, 0.1) is 17.4 Å². The molecule has 2 heterocycles. The zero-order valence-corrected chi connectivity index (χ0v) is 15.2. The summed E-state index contributed by atoms with van der Waals surface area (Å²) in [6.07, 6.45) is 8.43. The Morgan fingerprint density at radius 2 is 1.88 bits per heavy atom.